The number of ether oxygens (including phenoxy) is 1. The fraction of sp³-hybridized carbons (Fsp3) is 0.316. The van der Waals surface area contributed by atoms with Crippen LogP contribution in [0, 0.1) is 17.0 Å². The molecule has 7 heteroatoms. The summed E-state index contributed by atoms with van der Waals surface area (Å²) in [6.07, 6.45) is 0.0867. The van der Waals surface area contributed by atoms with Crippen molar-refractivity contribution in [2.45, 2.75) is 26.9 Å². The van der Waals surface area contributed by atoms with E-state index in [0.717, 1.165) is 17.0 Å². The number of nitrogens with one attached hydrogen (secondary N) is 2. The highest BCUT2D eigenvalue weighted by Gasteiger charge is 2.08. The molecule has 2 aromatic rings. The van der Waals surface area contributed by atoms with Gasteiger partial charge in [-0.1, -0.05) is 0 Å². The molecule has 0 spiro atoms. The average Bonchev–Trinajstić information content (AvgIpc) is 2.59. The molecule has 2 rings (SSSR count). The lowest BCUT2D eigenvalue weighted by Crippen LogP contribution is -2.28. The van der Waals surface area contributed by atoms with Crippen molar-refractivity contribution in [1.29, 1.82) is 0 Å². The van der Waals surface area contributed by atoms with Crippen molar-refractivity contribution in [3.05, 3.63) is 63.7 Å². The Hall–Kier alpha value is -3.09. The van der Waals surface area contributed by atoms with Crippen molar-refractivity contribution in [2.75, 3.05) is 18.4 Å². The molecule has 0 radical (unpaired) electrons. The lowest BCUT2D eigenvalue weighted by molar-refractivity contribution is -0.384. The van der Waals surface area contributed by atoms with Gasteiger partial charge in [0.15, 0.2) is 0 Å². The predicted octanol–water partition coefficient (Wildman–Crippen LogP) is 3.53. The third-order valence-electron chi connectivity index (χ3n) is 3.64. The van der Waals surface area contributed by atoms with Crippen molar-refractivity contribution in [3.8, 4) is 5.75 Å². The van der Waals surface area contributed by atoms with Gasteiger partial charge in [-0.2, -0.15) is 0 Å². The number of carbonyl (C=O) groups is 1. The molecule has 0 heterocycles. The van der Waals surface area contributed by atoms with Crippen molar-refractivity contribution in [1.82, 2.24) is 5.32 Å². The van der Waals surface area contributed by atoms with Crippen LogP contribution in [0.3, 0.4) is 0 Å². The number of nitrogens with zero attached hydrogens (tertiary/aromatic N) is 1. The molecule has 0 unspecified atom stereocenters. The quantitative estimate of drug-likeness (QED) is 0.428. The molecule has 1 amide bonds. The fourth-order valence-corrected chi connectivity index (χ4v) is 2.39. The van der Waals surface area contributed by atoms with Crippen LogP contribution in [-0.4, -0.2) is 30.0 Å². The smallest absolute Gasteiger partial charge is 0.269 e. The van der Waals surface area contributed by atoms with Crippen LogP contribution in [0.15, 0.2) is 42.5 Å². The number of benzene rings is 2. The summed E-state index contributed by atoms with van der Waals surface area (Å²) in [6.45, 7) is 6.63. The zero-order valence-corrected chi connectivity index (χ0v) is 15.1. The number of anilines is 1. The average molecular weight is 357 g/mol. The summed E-state index contributed by atoms with van der Waals surface area (Å²) in [5.74, 6) is 0.565. The van der Waals surface area contributed by atoms with Crippen LogP contribution in [-0.2, 0) is 0 Å². The Kier molecular flexibility index (Phi) is 6.54. The number of nitro groups is 1. The van der Waals surface area contributed by atoms with Gasteiger partial charge in [-0.15, -0.1) is 0 Å². The molecule has 0 fully saturated rings. The van der Waals surface area contributed by atoms with Crippen molar-refractivity contribution in [3.63, 3.8) is 0 Å². The predicted molar refractivity (Wildman–Crippen MR) is 101 cm³/mol. The van der Waals surface area contributed by atoms with Gasteiger partial charge in [0, 0.05) is 36.5 Å². The molecule has 0 aliphatic heterocycles. The highest BCUT2D eigenvalue weighted by atomic mass is 16.6. The fourth-order valence-electron chi connectivity index (χ4n) is 2.39. The lowest BCUT2D eigenvalue weighted by atomic mass is 10.2. The van der Waals surface area contributed by atoms with Crippen LogP contribution >= 0.6 is 0 Å². The zero-order valence-electron chi connectivity index (χ0n) is 15.1. The molecule has 26 heavy (non-hydrogen) atoms. The van der Waals surface area contributed by atoms with Crippen molar-refractivity contribution >= 4 is 17.3 Å². The number of carbonyl (C=O) groups excluding carboxylic acids is 1. The van der Waals surface area contributed by atoms with E-state index < -0.39 is 4.92 Å². The maximum absolute atomic E-state index is 12.1. The van der Waals surface area contributed by atoms with Gasteiger partial charge in [0.2, 0.25) is 0 Å². The maximum atomic E-state index is 12.1. The number of hydrogen-bond donors (Lipinski definition) is 2. The second kappa shape index (κ2) is 8.84. The van der Waals surface area contributed by atoms with Gasteiger partial charge < -0.3 is 15.4 Å². The third kappa shape index (κ3) is 5.47. The highest BCUT2D eigenvalue weighted by Crippen LogP contribution is 2.20. The molecule has 0 aliphatic carbocycles. The molecule has 0 atom stereocenters. The van der Waals surface area contributed by atoms with Crippen LogP contribution in [0.25, 0.3) is 0 Å². The molecular formula is C19H23N3O4. The topological polar surface area (TPSA) is 93.5 Å². The second-order valence-electron chi connectivity index (χ2n) is 6.13. The Labute approximate surface area is 152 Å². The number of rotatable bonds is 8. The first kappa shape index (κ1) is 19.2. The number of amides is 1. The summed E-state index contributed by atoms with van der Waals surface area (Å²) < 4.78 is 5.55. The van der Waals surface area contributed by atoms with E-state index in [-0.39, 0.29) is 17.7 Å². The Morgan fingerprint density at radius 1 is 1.15 bits per heavy atom. The Morgan fingerprint density at radius 3 is 2.42 bits per heavy atom. The minimum Gasteiger partial charge on any atom is -0.491 e. The van der Waals surface area contributed by atoms with Gasteiger partial charge >= 0.3 is 0 Å². The van der Waals surface area contributed by atoms with E-state index in [1.54, 1.807) is 37.3 Å². The summed E-state index contributed by atoms with van der Waals surface area (Å²) >= 11 is 0. The van der Waals surface area contributed by atoms with Crippen LogP contribution < -0.4 is 15.4 Å². The summed E-state index contributed by atoms with van der Waals surface area (Å²) in [5, 5.41) is 16.7. The molecule has 0 saturated carbocycles. The molecule has 0 aromatic heterocycles. The number of nitro benzene ring substituents is 1. The first-order valence-corrected chi connectivity index (χ1v) is 8.40. The second-order valence-corrected chi connectivity index (χ2v) is 6.13. The van der Waals surface area contributed by atoms with Gasteiger partial charge in [-0.05, 0) is 56.7 Å². The minimum atomic E-state index is -0.422. The van der Waals surface area contributed by atoms with Gasteiger partial charge in [-0.3, -0.25) is 14.9 Å². The Bertz CT molecular complexity index is 773. The summed E-state index contributed by atoms with van der Waals surface area (Å²) in [5.41, 5.74) is 2.21. The monoisotopic (exact) mass is 357 g/mol. The van der Waals surface area contributed by atoms with Gasteiger partial charge in [0.25, 0.3) is 11.6 Å². The van der Waals surface area contributed by atoms with Crippen LogP contribution in [0.2, 0.25) is 0 Å². The van der Waals surface area contributed by atoms with E-state index in [4.69, 9.17) is 4.74 Å². The molecule has 2 N–H and O–H groups in total. The first-order chi connectivity index (χ1) is 12.4. The van der Waals surface area contributed by atoms with E-state index in [2.05, 4.69) is 10.6 Å². The van der Waals surface area contributed by atoms with E-state index in [1.165, 1.54) is 12.1 Å². The highest BCUT2D eigenvalue weighted by molar-refractivity contribution is 5.94. The third-order valence-corrected chi connectivity index (χ3v) is 3.64. The van der Waals surface area contributed by atoms with Gasteiger partial charge in [0.1, 0.15) is 5.75 Å². The zero-order chi connectivity index (χ0) is 19.1. The minimum absolute atomic E-state index is 0.0613. The van der Waals surface area contributed by atoms with E-state index >= 15 is 0 Å². The van der Waals surface area contributed by atoms with E-state index in [0.29, 0.717) is 18.7 Å². The Balaban J connectivity index is 1.80. The molecule has 7 nitrogen and oxygen atoms in total. The number of aryl methyl sites for hydroxylation is 1. The van der Waals surface area contributed by atoms with Crippen LogP contribution in [0.4, 0.5) is 11.4 Å². The molecular weight excluding hydrogens is 334 g/mol. The summed E-state index contributed by atoms with van der Waals surface area (Å²) in [7, 11) is 0. The molecule has 138 valence electrons. The van der Waals surface area contributed by atoms with Crippen molar-refractivity contribution < 1.29 is 14.5 Å². The molecule has 0 saturated heterocycles. The lowest BCUT2D eigenvalue weighted by Gasteiger charge is -2.11. The normalized spacial score (nSPS) is 10.5. The van der Waals surface area contributed by atoms with E-state index in [1.807, 2.05) is 13.8 Å². The molecule has 0 bridgehead atoms. The standard InChI is InChI=1S/C19H23N3O4/c1-13(2)26-17-7-4-15(5-8-17)19(23)21-11-10-20-18-9-6-16(22(24)25)12-14(18)3/h4-9,12-13,20H,10-11H2,1-3H3,(H,21,23). The van der Waals surface area contributed by atoms with E-state index in [9.17, 15) is 14.9 Å². The summed E-state index contributed by atoms with van der Waals surface area (Å²) in [6, 6.07) is 11.6. The largest absolute Gasteiger partial charge is 0.491 e. The van der Waals surface area contributed by atoms with Gasteiger partial charge in [-0.25, -0.2) is 0 Å². The van der Waals surface area contributed by atoms with Gasteiger partial charge in [0.05, 0.1) is 11.0 Å². The molecule has 2 aromatic carbocycles. The SMILES string of the molecule is Cc1cc([N+](=O)[O-])ccc1NCCNC(=O)c1ccc(OC(C)C)cc1. The summed E-state index contributed by atoms with van der Waals surface area (Å²) in [4.78, 5) is 22.4. The Morgan fingerprint density at radius 2 is 1.85 bits per heavy atom. The maximum Gasteiger partial charge on any atom is 0.269 e. The number of non-ortho nitro benzene ring substituents is 1. The van der Waals surface area contributed by atoms with Crippen LogP contribution in [0.1, 0.15) is 29.8 Å². The van der Waals surface area contributed by atoms with Crippen LogP contribution in [0.5, 0.6) is 5.75 Å². The van der Waals surface area contributed by atoms with Crippen molar-refractivity contribution in [2.24, 2.45) is 0 Å². The first-order valence-electron chi connectivity index (χ1n) is 8.40. The molecule has 0 aliphatic rings. The number of hydrogen-bond acceptors (Lipinski definition) is 5.